The molecule has 1 aromatic carbocycles. The number of carbonyl (C=O) groups excluding carboxylic acids is 1. The van der Waals surface area contributed by atoms with Crippen molar-refractivity contribution in [2.45, 2.75) is 64.8 Å². The van der Waals surface area contributed by atoms with Crippen molar-refractivity contribution in [3.63, 3.8) is 0 Å². The molecule has 2 atom stereocenters. The van der Waals surface area contributed by atoms with Crippen LogP contribution in [0.5, 0.6) is 0 Å². The highest BCUT2D eigenvalue weighted by Gasteiger charge is 2.34. The van der Waals surface area contributed by atoms with E-state index >= 15 is 0 Å². The molecule has 1 fully saturated rings. The molecule has 1 amide bonds. The van der Waals surface area contributed by atoms with Gasteiger partial charge in [0, 0.05) is 30.5 Å². The Hall–Kier alpha value is -2.10. The van der Waals surface area contributed by atoms with E-state index in [4.69, 9.17) is 4.52 Å². The Morgan fingerprint density at radius 2 is 2.08 bits per heavy atom. The van der Waals surface area contributed by atoms with E-state index in [9.17, 15) is 4.79 Å². The van der Waals surface area contributed by atoms with E-state index in [1.54, 1.807) is 0 Å². The van der Waals surface area contributed by atoms with Gasteiger partial charge in [0.25, 0.3) is 0 Å². The summed E-state index contributed by atoms with van der Waals surface area (Å²) in [5, 5.41) is 3.99. The molecule has 0 radical (unpaired) electrons. The summed E-state index contributed by atoms with van der Waals surface area (Å²) in [5.74, 6) is 1.52. The summed E-state index contributed by atoms with van der Waals surface area (Å²) in [6.45, 7) is 6.97. The Kier molecular flexibility index (Phi) is 5.57. The lowest BCUT2D eigenvalue weighted by Crippen LogP contribution is -2.39. The third kappa shape index (κ3) is 3.78. The van der Waals surface area contributed by atoms with Gasteiger partial charge in [0.1, 0.15) is 5.76 Å². The fourth-order valence-corrected chi connectivity index (χ4v) is 4.18. The van der Waals surface area contributed by atoms with Crippen LogP contribution < -0.4 is 0 Å². The maximum absolute atomic E-state index is 12.9. The van der Waals surface area contributed by atoms with Gasteiger partial charge in [-0.05, 0) is 45.1 Å². The van der Waals surface area contributed by atoms with Crippen LogP contribution in [0.4, 0.5) is 0 Å². The first-order valence-corrected chi connectivity index (χ1v) is 9.38. The first kappa shape index (κ1) is 17.7. The normalized spacial score (nSPS) is 18.5. The topological polar surface area (TPSA) is 46.3 Å². The third-order valence-electron chi connectivity index (χ3n) is 5.52. The molecular formula is C21H28N2O2. The molecule has 2 aromatic rings. The summed E-state index contributed by atoms with van der Waals surface area (Å²) < 4.78 is 5.21. The van der Waals surface area contributed by atoms with Gasteiger partial charge >= 0.3 is 0 Å². The number of hydrogen-bond acceptors (Lipinski definition) is 3. The number of carbonyl (C=O) groups is 1. The van der Waals surface area contributed by atoms with E-state index in [1.807, 2.05) is 13.8 Å². The summed E-state index contributed by atoms with van der Waals surface area (Å²) in [6, 6.07) is 11.0. The quantitative estimate of drug-likeness (QED) is 0.782. The lowest BCUT2D eigenvalue weighted by molar-refractivity contribution is -0.132. The molecule has 0 saturated carbocycles. The van der Waals surface area contributed by atoms with Crippen LogP contribution in [0.25, 0.3) is 0 Å². The van der Waals surface area contributed by atoms with Crippen LogP contribution in [0, 0.1) is 13.8 Å². The van der Waals surface area contributed by atoms with Gasteiger partial charge in [-0.25, -0.2) is 0 Å². The fraction of sp³-hybridized carbons (Fsp3) is 0.524. The van der Waals surface area contributed by atoms with Gasteiger partial charge in [-0.2, -0.15) is 0 Å². The summed E-state index contributed by atoms with van der Waals surface area (Å²) in [7, 11) is 0. The van der Waals surface area contributed by atoms with E-state index in [0.717, 1.165) is 42.8 Å². The summed E-state index contributed by atoms with van der Waals surface area (Å²) in [5.41, 5.74) is 3.33. The molecule has 4 nitrogen and oxygen atoms in total. The van der Waals surface area contributed by atoms with Crippen molar-refractivity contribution in [2.24, 2.45) is 0 Å². The molecule has 134 valence electrons. The molecule has 1 aliphatic rings. The molecule has 0 spiro atoms. The molecule has 0 unspecified atom stereocenters. The zero-order chi connectivity index (χ0) is 17.8. The summed E-state index contributed by atoms with van der Waals surface area (Å²) in [6.07, 6.45) is 4.51. The zero-order valence-corrected chi connectivity index (χ0v) is 15.5. The van der Waals surface area contributed by atoms with Gasteiger partial charge in [0.05, 0.1) is 5.69 Å². The molecule has 0 bridgehead atoms. The molecule has 2 heterocycles. The summed E-state index contributed by atoms with van der Waals surface area (Å²) >= 11 is 0. The van der Waals surface area contributed by atoms with Crippen LogP contribution >= 0.6 is 0 Å². The lowest BCUT2D eigenvalue weighted by Gasteiger charge is -2.32. The van der Waals surface area contributed by atoms with E-state index in [2.05, 4.69) is 47.3 Å². The Bertz CT molecular complexity index is 688. The molecular weight excluding hydrogens is 312 g/mol. The van der Waals surface area contributed by atoms with Crippen molar-refractivity contribution in [3.05, 3.63) is 52.9 Å². The predicted octanol–water partition coefficient (Wildman–Crippen LogP) is 4.41. The number of amides is 1. The van der Waals surface area contributed by atoms with E-state index in [-0.39, 0.29) is 5.91 Å². The Labute approximate surface area is 150 Å². The number of aromatic nitrogens is 1. The van der Waals surface area contributed by atoms with Crippen molar-refractivity contribution in [3.8, 4) is 0 Å². The van der Waals surface area contributed by atoms with Crippen LogP contribution in [0.3, 0.4) is 0 Å². The number of nitrogens with zero attached hydrogens (tertiary/aromatic N) is 2. The van der Waals surface area contributed by atoms with Gasteiger partial charge in [-0.3, -0.25) is 4.79 Å². The molecule has 3 rings (SSSR count). The highest BCUT2D eigenvalue weighted by Crippen LogP contribution is 2.34. The Morgan fingerprint density at radius 1 is 1.32 bits per heavy atom. The number of rotatable bonds is 6. The van der Waals surface area contributed by atoms with Gasteiger partial charge in [-0.1, -0.05) is 42.4 Å². The maximum Gasteiger partial charge on any atom is 0.223 e. The second-order valence-electron chi connectivity index (χ2n) is 7.02. The van der Waals surface area contributed by atoms with Crippen molar-refractivity contribution in [2.75, 3.05) is 6.54 Å². The second kappa shape index (κ2) is 7.85. The van der Waals surface area contributed by atoms with Crippen LogP contribution in [0.1, 0.15) is 61.1 Å². The minimum Gasteiger partial charge on any atom is -0.361 e. The van der Waals surface area contributed by atoms with Crippen LogP contribution in [0.15, 0.2) is 34.9 Å². The van der Waals surface area contributed by atoms with E-state index in [0.29, 0.717) is 24.8 Å². The largest absolute Gasteiger partial charge is 0.361 e. The molecule has 1 aliphatic heterocycles. The third-order valence-corrected chi connectivity index (χ3v) is 5.52. The Morgan fingerprint density at radius 3 is 2.72 bits per heavy atom. The number of hydrogen-bond donors (Lipinski definition) is 0. The molecule has 1 saturated heterocycles. The number of aryl methyl sites for hydroxylation is 2. The van der Waals surface area contributed by atoms with Gasteiger partial charge in [0.2, 0.25) is 5.91 Å². The first-order chi connectivity index (χ1) is 12.1. The van der Waals surface area contributed by atoms with Crippen LogP contribution in [0.2, 0.25) is 0 Å². The monoisotopic (exact) mass is 340 g/mol. The average molecular weight is 340 g/mol. The van der Waals surface area contributed by atoms with Crippen LogP contribution in [-0.2, 0) is 11.2 Å². The molecule has 1 aromatic heterocycles. The molecule has 0 N–H and O–H groups in total. The summed E-state index contributed by atoms with van der Waals surface area (Å²) in [4.78, 5) is 15.0. The van der Waals surface area contributed by atoms with Gasteiger partial charge in [-0.15, -0.1) is 0 Å². The highest BCUT2D eigenvalue weighted by atomic mass is 16.5. The number of likely N-dealkylation sites (tertiary alicyclic amines) is 1. The second-order valence-corrected chi connectivity index (χ2v) is 7.02. The predicted molar refractivity (Wildman–Crippen MR) is 98.5 cm³/mol. The average Bonchev–Trinajstić information content (AvgIpc) is 3.22. The van der Waals surface area contributed by atoms with Crippen molar-refractivity contribution in [1.82, 2.24) is 10.1 Å². The number of benzene rings is 1. The maximum atomic E-state index is 12.9. The zero-order valence-electron chi connectivity index (χ0n) is 15.5. The highest BCUT2D eigenvalue weighted by molar-refractivity contribution is 5.77. The molecule has 0 aliphatic carbocycles. The SMILES string of the molecule is CC[C@H](c1ccccc1)[C@@H]1CCCN1C(=O)CCc1c(C)noc1C. The standard InChI is InChI=1S/C21H28N2O2/c1-4-18(17-9-6-5-7-10-17)20-11-8-14-23(20)21(24)13-12-19-15(2)22-25-16(19)3/h5-7,9-10,18,20H,4,8,11-14H2,1-3H3/t18-,20+/m1/s1. The minimum atomic E-state index is 0.261. The van der Waals surface area contributed by atoms with Crippen LogP contribution in [-0.4, -0.2) is 28.6 Å². The van der Waals surface area contributed by atoms with Gasteiger partial charge < -0.3 is 9.42 Å². The fourth-order valence-electron chi connectivity index (χ4n) is 4.18. The minimum absolute atomic E-state index is 0.261. The van der Waals surface area contributed by atoms with Gasteiger partial charge in [0.15, 0.2) is 0 Å². The van der Waals surface area contributed by atoms with E-state index in [1.165, 1.54) is 5.56 Å². The lowest BCUT2D eigenvalue weighted by atomic mass is 9.87. The molecule has 4 heteroatoms. The smallest absolute Gasteiger partial charge is 0.223 e. The Balaban J connectivity index is 1.69. The van der Waals surface area contributed by atoms with Crippen molar-refractivity contribution >= 4 is 5.91 Å². The molecule has 25 heavy (non-hydrogen) atoms. The van der Waals surface area contributed by atoms with E-state index < -0.39 is 0 Å². The van der Waals surface area contributed by atoms with Crippen molar-refractivity contribution in [1.29, 1.82) is 0 Å². The first-order valence-electron chi connectivity index (χ1n) is 9.38. The van der Waals surface area contributed by atoms with Crippen molar-refractivity contribution < 1.29 is 9.32 Å².